The molecule has 3 rings (SSSR count). The van der Waals surface area contributed by atoms with Gasteiger partial charge in [0, 0.05) is 37.2 Å². The molecule has 24 heavy (non-hydrogen) atoms. The second-order valence-corrected chi connectivity index (χ2v) is 7.93. The van der Waals surface area contributed by atoms with E-state index in [-0.39, 0.29) is 11.8 Å². The van der Waals surface area contributed by atoms with Gasteiger partial charge in [-0.05, 0) is 25.7 Å². The molecule has 2 fully saturated rings. The van der Waals surface area contributed by atoms with Crippen molar-refractivity contribution in [3.05, 3.63) is 16.1 Å². The van der Waals surface area contributed by atoms with Crippen LogP contribution in [-0.4, -0.2) is 34.8 Å². The molecule has 1 atom stereocenters. The molecular formula is C18H27N3O2S. The van der Waals surface area contributed by atoms with Crippen LogP contribution in [0.15, 0.2) is 5.38 Å². The van der Waals surface area contributed by atoms with Gasteiger partial charge in [0.15, 0.2) is 0 Å². The number of carbonyl (C=O) groups excluding carboxylic acids is 2. The monoisotopic (exact) mass is 349 g/mol. The number of hydrogen-bond donors (Lipinski definition) is 1. The number of likely N-dealkylation sites (tertiary alicyclic amines) is 1. The minimum Gasteiger partial charge on any atom is -0.351 e. The van der Waals surface area contributed by atoms with E-state index in [2.05, 4.69) is 15.2 Å². The SMILES string of the molecule is CC(=O)NCc1csc(C2CCCN(C(=O)C3CCCCC3)C2)n1. The molecule has 0 aromatic carbocycles. The van der Waals surface area contributed by atoms with Gasteiger partial charge in [-0.2, -0.15) is 0 Å². The summed E-state index contributed by atoms with van der Waals surface area (Å²) in [5.41, 5.74) is 0.918. The molecule has 1 aromatic rings. The lowest BCUT2D eigenvalue weighted by Crippen LogP contribution is -2.42. The fraction of sp³-hybridized carbons (Fsp3) is 0.722. The zero-order valence-corrected chi connectivity index (χ0v) is 15.2. The highest BCUT2D eigenvalue weighted by Gasteiger charge is 2.31. The molecule has 1 saturated heterocycles. The van der Waals surface area contributed by atoms with E-state index in [4.69, 9.17) is 0 Å². The van der Waals surface area contributed by atoms with E-state index in [9.17, 15) is 9.59 Å². The Hall–Kier alpha value is -1.43. The summed E-state index contributed by atoms with van der Waals surface area (Å²) < 4.78 is 0. The quantitative estimate of drug-likeness (QED) is 0.909. The molecule has 1 aromatic heterocycles. The number of hydrogen-bond acceptors (Lipinski definition) is 4. The Bertz CT molecular complexity index is 581. The Kier molecular flexibility index (Phi) is 5.87. The van der Waals surface area contributed by atoms with Gasteiger partial charge >= 0.3 is 0 Å². The largest absolute Gasteiger partial charge is 0.351 e. The van der Waals surface area contributed by atoms with Gasteiger partial charge in [0.1, 0.15) is 0 Å². The number of thiazole rings is 1. The van der Waals surface area contributed by atoms with Crippen molar-refractivity contribution in [2.45, 2.75) is 64.3 Å². The van der Waals surface area contributed by atoms with Crippen LogP contribution in [0.3, 0.4) is 0 Å². The topological polar surface area (TPSA) is 62.3 Å². The smallest absolute Gasteiger partial charge is 0.225 e. The maximum Gasteiger partial charge on any atom is 0.225 e. The lowest BCUT2D eigenvalue weighted by atomic mass is 9.87. The van der Waals surface area contributed by atoms with Crippen LogP contribution < -0.4 is 5.32 Å². The van der Waals surface area contributed by atoms with E-state index < -0.39 is 0 Å². The van der Waals surface area contributed by atoms with E-state index in [0.717, 1.165) is 49.5 Å². The summed E-state index contributed by atoms with van der Waals surface area (Å²) in [5.74, 6) is 0.937. The van der Waals surface area contributed by atoms with Crippen molar-refractivity contribution in [1.29, 1.82) is 0 Å². The molecule has 2 aliphatic rings. The Morgan fingerprint density at radius 1 is 1.25 bits per heavy atom. The van der Waals surface area contributed by atoms with E-state index >= 15 is 0 Å². The molecule has 2 heterocycles. The van der Waals surface area contributed by atoms with Crippen LogP contribution >= 0.6 is 11.3 Å². The van der Waals surface area contributed by atoms with E-state index in [1.54, 1.807) is 11.3 Å². The summed E-state index contributed by atoms with van der Waals surface area (Å²) >= 11 is 1.66. The molecule has 1 N–H and O–H groups in total. The van der Waals surface area contributed by atoms with Gasteiger partial charge in [0.2, 0.25) is 11.8 Å². The number of aromatic nitrogens is 1. The third-order valence-corrected chi connectivity index (χ3v) is 6.18. The number of nitrogens with zero attached hydrogens (tertiary/aromatic N) is 2. The van der Waals surface area contributed by atoms with Crippen LogP contribution in [0.2, 0.25) is 0 Å². The second-order valence-electron chi connectivity index (χ2n) is 7.05. The van der Waals surface area contributed by atoms with Crippen molar-refractivity contribution in [1.82, 2.24) is 15.2 Å². The van der Waals surface area contributed by atoms with Crippen molar-refractivity contribution in [3.63, 3.8) is 0 Å². The number of amides is 2. The van der Waals surface area contributed by atoms with Crippen molar-refractivity contribution < 1.29 is 9.59 Å². The van der Waals surface area contributed by atoms with Crippen molar-refractivity contribution in [3.8, 4) is 0 Å². The zero-order valence-electron chi connectivity index (χ0n) is 14.4. The highest BCUT2D eigenvalue weighted by atomic mass is 32.1. The first-order chi connectivity index (χ1) is 11.6. The summed E-state index contributed by atoms with van der Waals surface area (Å²) in [4.78, 5) is 30.5. The van der Waals surface area contributed by atoms with Gasteiger partial charge in [0.05, 0.1) is 17.2 Å². The van der Waals surface area contributed by atoms with Gasteiger partial charge in [-0.3, -0.25) is 9.59 Å². The molecule has 1 unspecified atom stereocenters. The fourth-order valence-corrected chi connectivity index (χ4v) is 4.74. The lowest BCUT2D eigenvalue weighted by molar-refractivity contribution is -0.137. The molecule has 1 aliphatic carbocycles. The second kappa shape index (κ2) is 8.10. The van der Waals surface area contributed by atoms with Gasteiger partial charge in [-0.15, -0.1) is 11.3 Å². The normalized spacial score (nSPS) is 22.4. The number of piperidine rings is 1. The van der Waals surface area contributed by atoms with E-state index in [1.165, 1.54) is 26.2 Å². The number of carbonyl (C=O) groups is 2. The molecule has 6 heteroatoms. The summed E-state index contributed by atoms with van der Waals surface area (Å²) in [6, 6.07) is 0. The van der Waals surface area contributed by atoms with Crippen LogP contribution in [0.5, 0.6) is 0 Å². The predicted octanol–water partition coefficient (Wildman–Crippen LogP) is 3.07. The third kappa shape index (κ3) is 4.35. The minimum absolute atomic E-state index is 0.0357. The molecule has 132 valence electrons. The Labute approximate surface area is 147 Å². The maximum atomic E-state index is 12.8. The molecule has 0 spiro atoms. The molecule has 2 amide bonds. The van der Waals surface area contributed by atoms with Crippen molar-refractivity contribution in [2.75, 3.05) is 13.1 Å². The average Bonchev–Trinajstić information content (AvgIpc) is 3.09. The van der Waals surface area contributed by atoms with Gasteiger partial charge < -0.3 is 10.2 Å². The van der Waals surface area contributed by atoms with E-state index in [0.29, 0.717) is 18.4 Å². The number of nitrogens with one attached hydrogen (secondary N) is 1. The zero-order chi connectivity index (χ0) is 16.9. The Balaban J connectivity index is 1.58. The third-order valence-electron chi connectivity index (χ3n) is 5.12. The standard InChI is InChI=1S/C18H27N3O2S/c1-13(22)19-10-16-12-24-17(20-16)15-8-5-9-21(11-15)18(23)14-6-3-2-4-7-14/h12,14-15H,2-11H2,1H3,(H,19,22). The average molecular weight is 350 g/mol. The first kappa shape index (κ1) is 17.4. The fourth-order valence-electron chi connectivity index (χ4n) is 3.79. The summed E-state index contributed by atoms with van der Waals surface area (Å²) in [6.07, 6.45) is 7.98. The first-order valence-electron chi connectivity index (χ1n) is 9.11. The van der Waals surface area contributed by atoms with Gasteiger partial charge in [-0.1, -0.05) is 19.3 Å². The molecule has 0 radical (unpaired) electrons. The van der Waals surface area contributed by atoms with Crippen LogP contribution in [0.1, 0.15) is 68.5 Å². The summed E-state index contributed by atoms with van der Waals surface area (Å²) in [7, 11) is 0. The van der Waals surface area contributed by atoms with Crippen LogP contribution in [-0.2, 0) is 16.1 Å². The van der Waals surface area contributed by atoms with Crippen LogP contribution in [0, 0.1) is 5.92 Å². The highest BCUT2D eigenvalue weighted by Crippen LogP contribution is 2.32. The van der Waals surface area contributed by atoms with Gasteiger partial charge in [-0.25, -0.2) is 4.98 Å². The highest BCUT2D eigenvalue weighted by molar-refractivity contribution is 7.09. The van der Waals surface area contributed by atoms with Crippen LogP contribution in [0.4, 0.5) is 0 Å². The molecule has 5 nitrogen and oxygen atoms in total. The molecule has 0 bridgehead atoms. The lowest BCUT2D eigenvalue weighted by Gasteiger charge is -2.35. The Morgan fingerprint density at radius 2 is 2.04 bits per heavy atom. The van der Waals surface area contributed by atoms with Gasteiger partial charge in [0.25, 0.3) is 0 Å². The molecule has 1 saturated carbocycles. The predicted molar refractivity (Wildman–Crippen MR) is 94.8 cm³/mol. The summed E-state index contributed by atoms with van der Waals surface area (Å²) in [6.45, 7) is 3.71. The van der Waals surface area contributed by atoms with Crippen molar-refractivity contribution >= 4 is 23.2 Å². The van der Waals surface area contributed by atoms with E-state index in [1.807, 2.05) is 5.38 Å². The summed E-state index contributed by atoms with van der Waals surface area (Å²) in [5, 5.41) is 5.92. The Morgan fingerprint density at radius 3 is 2.79 bits per heavy atom. The maximum absolute atomic E-state index is 12.8. The molecular weight excluding hydrogens is 322 g/mol. The first-order valence-corrected chi connectivity index (χ1v) is 9.99. The minimum atomic E-state index is -0.0357. The van der Waals surface area contributed by atoms with Crippen molar-refractivity contribution in [2.24, 2.45) is 5.92 Å². The number of rotatable bonds is 4. The van der Waals surface area contributed by atoms with Crippen LogP contribution in [0.25, 0.3) is 0 Å². The molecule has 1 aliphatic heterocycles.